The van der Waals surface area contributed by atoms with Crippen molar-refractivity contribution in [1.29, 1.82) is 0 Å². The minimum absolute atomic E-state index is 0.121. The Morgan fingerprint density at radius 1 is 1.22 bits per heavy atom. The van der Waals surface area contributed by atoms with Crippen LogP contribution in [0.5, 0.6) is 0 Å². The molecule has 0 radical (unpaired) electrons. The molecule has 1 N–H and O–H groups in total. The van der Waals surface area contributed by atoms with Crippen LogP contribution in [0.2, 0.25) is 0 Å². The highest BCUT2D eigenvalue weighted by Gasteiger charge is 2.10. The summed E-state index contributed by atoms with van der Waals surface area (Å²) in [5, 5.41) is 8.18. The number of amides is 1. The second-order valence-corrected chi connectivity index (χ2v) is 7.00. The number of hydrogen-bond acceptors (Lipinski definition) is 4. The van der Waals surface area contributed by atoms with Crippen LogP contribution in [0.1, 0.15) is 36.2 Å². The van der Waals surface area contributed by atoms with E-state index in [-0.39, 0.29) is 5.91 Å². The standard InChI is InChI=1S/C21H26N4O2/c1-16(2)15-27-10-6-9-22-21(26)19-11-18-13-24-25(20(18)23-12-19)14-17-7-4-3-5-8-17/h3-5,7-8,11-13,16H,6,9-10,14-15H2,1-2H3,(H,22,26). The van der Waals surface area contributed by atoms with Crippen molar-refractivity contribution in [2.45, 2.75) is 26.8 Å². The summed E-state index contributed by atoms with van der Waals surface area (Å²) < 4.78 is 7.36. The molecule has 0 saturated heterocycles. The van der Waals surface area contributed by atoms with Crippen LogP contribution in [0.3, 0.4) is 0 Å². The molecule has 2 heterocycles. The van der Waals surface area contributed by atoms with Gasteiger partial charge in [0.15, 0.2) is 5.65 Å². The quantitative estimate of drug-likeness (QED) is 0.590. The highest BCUT2D eigenvalue weighted by molar-refractivity contribution is 5.96. The molecule has 2 aromatic heterocycles. The second-order valence-electron chi connectivity index (χ2n) is 7.00. The summed E-state index contributed by atoms with van der Waals surface area (Å²) in [6, 6.07) is 11.9. The van der Waals surface area contributed by atoms with Gasteiger partial charge in [0.25, 0.3) is 5.91 Å². The van der Waals surface area contributed by atoms with E-state index in [0.29, 0.717) is 31.2 Å². The first-order valence-corrected chi connectivity index (χ1v) is 9.35. The zero-order valence-electron chi connectivity index (χ0n) is 15.9. The molecule has 0 aliphatic heterocycles. The summed E-state index contributed by atoms with van der Waals surface area (Å²) in [5.74, 6) is 0.407. The lowest BCUT2D eigenvalue weighted by molar-refractivity contribution is 0.0925. The maximum absolute atomic E-state index is 12.3. The van der Waals surface area contributed by atoms with E-state index < -0.39 is 0 Å². The van der Waals surface area contributed by atoms with Gasteiger partial charge in [-0.3, -0.25) is 4.79 Å². The fourth-order valence-electron chi connectivity index (χ4n) is 2.77. The van der Waals surface area contributed by atoms with Crippen LogP contribution in [0.25, 0.3) is 11.0 Å². The van der Waals surface area contributed by atoms with Crippen LogP contribution >= 0.6 is 0 Å². The number of carbonyl (C=O) groups excluding carboxylic acids is 1. The van der Waals surface area contributed by atoms with Crippen LogP contribution in [-0.2, 0) is 11.3 Å². The molecule has 0 bridgehead atoms. The Hall–Kier alpha value is -2.73. The number of nitrogens with zero attached hydrogens (tertiary/aromatic N) is 3. The van der Waals surface area contributed by atoms with Gasteiger partial charge < -0.3 is 10.1 Å². The molecule has 1 amide bonds. The molecule has 142 valence electrons. The Bertz CT molecular complexity index is 874. The largest absolute Gasteiger partial charge is 0.381 e. The number of fused-ring (bicyclic) bond motifs is 1. The number of aromatic nitrogens is 3. The maximum Gasteiger partial charge on any atom is 0.252 e. The molecule has 0 aliphatic rings. The molecule has 3 rings (SSSR count). The van der Waals surface area contributed by atoms with Crippen LogP contribution in [0.4, 0.5) is 0 Å². The Morgan fingerprint density at radius 3 is 2.81 bits per heavy atom. The Kier molecular flexibility index (Phi) is 6.54. The highest BCUT2D eigenvalue weighted by Crippen LogP contribution is 2.14. The molecule has 0 fully saturated rings. The topological polar surface area (TPSA) is 69.0 Å². The number of pyridine rings is 1. The minimum Gasteiger partial charge on any atom is -0.381 e. The summed E-state index contributed by atoms with van der Waals surface area (Å²) in [4.78, 5) is 16.8. The molecule has 0 aliphatic carbocycles. The van der Waals surface area contributed by atoms with E-state index in [2.05, 4.69) is 41.4 Å². The molecule has 0 saturated carbocycles. The second kappa shape index (κ2) is 9.28. The van der Waals surface area contributed by atoms with Crippen LogP contribution in [0.15, 0.2) is 48.8 Å². The van der Waals surface area contributed by atoms with Crippen molar-refractivity contribution in [3.63, 3.8) is 0 Å². The Balaban J connectivity index is 1.56. The molecule has 6 nitrogen and oxygen atoms in total. The van der Waals surface area contributed by atoms with E-state index in [1.165, 1.54) is 0 Å². The molecule has 3 aromatic rings. The van der Waals surface area contributed by atoms with Gasteiger partial charge in [0, 0.05) is 31.3 Å². The zero-order valence-corrected chi connectivity index (χ0v) is 15.9. The third kappa shape index (κ3) is 5.37. The fraction of sp³-hybridized carbons (Fsp3) is 0.381. The number of ether oxygens (including phenoxy) is 1. The van der Waals surface area contributed by atoms with Crippen molar-refractivity contribution in [2.75, 3.05) is 19.8 Å². The molecule has 0 unspecified atom stereocenters. The third-order valence-corrected chi connectivity index (χ3v) is 4.12. The first kappa shape index (κ1) is 19.0. The number of carbonyl (C=O) groups is 1. The summed E-state index contributed by atoms with van der Waals surface area (Å²) in [5.41, 5.74) is 2.48. The highest BCUT2D eigenvalue weighted by atomic mass is 16.5. The van der Waals surface area contributed by atoms with Crippen LogP contribution in [-0.4, -0.2) is 40.4 Å². The lowest BCUT2D eigenvalue weighted by Crippen LogP contribution is -2.25. The van der Waals surface area contributed by atoms with Crippen molar-refractivity contribution in [3.8, 4) is 0 Å². The van der Waals surface area contributed by atoms with E-state index in [4.69, 9.17) is 4.74 Å². The summed E-state index contributed by atoms with van der Waals surface area (Å²) in [7, 11) is 0. The SMILES string of the molecule is CC(C)COCCCNC(=O)c1cnc2c(cnn2Cc2ccccc2)c1. The lowest BCUT2D eigenvalue weighted by Gasteiger charge is -2.08. The van der Waals surface area contributed by atoms with Crippen molar-refractivity contribution < 1.29 is 9.53 Å². The van der Waals surface area contributed by atoms with Gasteiger partial charge >= 0.3 is 0 Å². The van der Waals surface area contributed by atoms with E-state index in [0.717, 1.165) is 29.6 Å². The smallest absolute Gasteiger partial charge is 0.252 e. The molecular formula is C21H26N4O2. The summed E-state index contributed by atoms with van der Waals surface area (Å²) >= 11 is 0. The lowest BCUT2D eigenvalue weighted by atomic mass is 10.2. The molecule has 0 atom stereocenters. The Morgan fingerprint density at radius 2 is 2.04 bits per heavy atom. The molecule has 1 aromatic carbocycles. The van der Waals surface area contributed by atoms with Gasteiger partial charge in [-0.15, -0.1) is 0 Å². The molecule has 6 heteroatoms. The molecular weight excluding hydrogens is 340 g/mol. The zero-order chi connectivity index (χ0) is 19.1. The summed E-state index contributed by atoms with van der Waals surface area (Å²) in [6.07, 6.45) is 4.15. The van der Waals surface area contributed by atoms with Crippen molar-refractivity contribution in [2.24, 2.45) is 5.92 Å². The van der Waals surface area contributed by atoms with Crippen molar-refractivity contribution >= 4 is 16.9 Å². The maximum atomic E-state index is 12.3. The van der Waals surface area contributed by atoms with Gasteiger partial charge in [0.05, 0.1) is 18.3 Å². The average Bonchev–Trinajstić information content (AvgIpc) is 3.07. The minimum atomic E-state index is -0.121. The number of rotatable bonds is 9. The number of hydrogen-bond donors (Lipinski definition) is 1. The van der Waals surface area contributed by atoms with E-state index in [9.17, 15) is 4.79 Å². The van der Waals surface area contributed by atoms with Gasteiger partial charge in [-0.2, -0.15) is 5.10 Å². The van der Waals surface area contributed by atoms with Crippen molar-refractivity contribution in [1.82, 2.24) is 20.1 Å². The third-order valence-electron chi connectivity index (χ3n) is 4.12. The van der Waals surface area contributed by atoms with Crippen molar-refractivity contribution in [3.05, 3.63) is 59.9 Å². The average molecular weight is 366 g/mol. The molecule has 27 heavy (non-hydrogen) atoms. The first-order valence-electron chi connectivity index (χ1n) is 9.35. The van der Waals surface area contributed by atoms with Gasteiger partial charge in [-0.25, -0.2) is 9.67 Å². The first-order chi connectivity index (χ1) is 13.1. The fourth-order valence-corrected chi connectivity index (χ4v) is 2.77. The molecule has 0 spiro atoms. The predicted octanol–water partition coefficient (Wildman–Crippen LogP) is 3.27. The van der Waals surface area contributed by atoms with Gasteiger partial charge in [-0.05, 0) is 24.0 Å². The Labute approximate surface area is 159 Å². The van der Waals surface area contributed by atoms with Gasteiger partial charge in [0.2, 0.25) is 0 Å². The van der Waals surface area contributed by atoms with E-state index >= 15 is 0 Å². The van der Waals surface area contributed by atoms with Crippen LogP contribution in [0, 0.1) is 5.92 Å². The van der Waals surface area contributed by atoms with Gasteiger partial charge in [-0.1, -0.05) is 44.2 Å². The monoisotopic (exact) mass is 366 g/mol. The number of benzene rings is 1. The predicted molar refractivity (Wildman–Crippen MR) is 106 cm³/mol. The number of nitrogens with one attached hydrogen (secondary N) is 1. The normalized spacial score (nSPS) is 11.2. The van der Waals surface area contributed by atoms with E-state index in [1.807, 2.05) is 28.9 Å². The van der Waals surface area contributed by atoms with Gasteiger partial charge in [0.1, 0.15) is 0 Å². The summed E-state index contributed by atoms with van der Waals surface area (Å²) in [6.45, 7) is 6.88. The van der Waals surface area contributed by atoms with E-state index in [1.54, 1.807) is 12.4 Å². The van der Waals surface area contributed by atoms with Crippen LogP contribution < -0.4 is 5.32 Å².